The van der Waals surface area contributed by atoms with E-state index in [4.69, 9.17) is 8.85 Å². The third kappa shape index (κ3) is 6.37. The number of pyridine rings is 1. The summed E-state index contributed by atoms with van der Waals surface area (Å²) in [6.07, 6.45) is 0.532. The van der Waals surface area contributed by atoms with E-state index in [1.807, 2.05) is 130 Å². The molecule has 0 fully saturated rings. The molecule has 12 rings (SSSR count). The van der Waals surface area contributed by atoms with Crippen LogP contribution in [0.2, 0.25) is 0 Å². The fourth-order valence-electron chi connectivity index (χ4n) is 11.5. The number of rotatable bonds is 4. The summed E-state index contributed by atoms with van der Waals surface area (Å²) < 4.78 is 149. The molecule has 8 aromatic rings. The van der Waals surface area contributed by atoms with Crippen LogP contribution in [0.15, 0.2) is 158 Å². The minimum atomic E-state index is -3.83. The van der Waals surface area contributed by atoms with E-state index in [-0.39, 0.29) is 22.4 Å². The molecule has 0 aliphatic carbocycles. The molecule has 0 amide bonds. The Labute approximate surface area is 437 Å². The highest BCUT2D eigenvalue weighted by Crippen LogP contribution is 2.68. The van der Waals surface area contributed by atoms with Crippen molar-refractivity contribution < 1.29 is 29.9 Å². The lowest BCUT2D eigenvalue weighted by atomic mass is 9.77. The Morgan fingerprint density at radius 2 is 1.21 bits per heavy atom. The number of hydrogen-bond donors (Lipinski definition) is 0. The number of hydrogen-bond acceptors (Lipinski definition) is 3. The molecule has 70 heavy (non-hydrogen) atoms. The molecule has 1 aromatic heterocycles. The van der Waals surface area contributed by atoms with Crippen LogP contribution in [0.4, 0.5) is 17.1 Å². The van der Waals surface area contributed by atoms with Crippen LogP contribution in [0, 0.1) is 6.85 Å². The second kappa shape index (κ2) is 14.8. The molecule has 4 aliphatic heterocycles. The van der Waals surface area contributed by atoms with E-state index in [0.717, 1.165) is 61.7 Å². The topological polar surface area (TPSA) is 19.6 Å². The van der Waals surface area contributed by atoms with Crippen molar-refractivity contribution in [3.8, 4) is 61.5 Å². The molecule has 4 heteroatoms. The van der Waals surface area contributed by atoms with Crippen molar-refractivity contribution in [2.75, 3.05) is 9.80 Å². The third-order valence-corrected chi connectivity index (χ3v) is 14.9. The zero-order valence-electron chi connectivity index (χ0n) is 55.8. The Kier molecular flexibility index (Phi) is 6.48. The van der Waals surface area contributed by atoms with Gasteiger partial charge in [-0.05, 0) is 121 Å². The van der Waals surface area contributed by atoms with E-state index in [2.05, 4.69) is 59.7 Å². The van der Waals surface area contributed by atoms with Crippen molar-refractivity contribution in [3.05, 3.63) is 197 Å². The van der Waals surface area contributed by atoms with Crippen molar-refractivity contribution in [1.29, 1.82) is 0 Å². The molecule has 0 bridgehead atoms. The predicted octanol–water partition coefficient (Wildman–Crippen LogP) is 16.8. The third-order valence-electron chi connectivity index (χ3n) is 14.9. The molecule has 4 nitrogen and oxygen atoms in total. The van der Waals surface area contributed by atoms with Gasteiger partial charge in [-0.1, -0.05) is 186 Å². The van der Waals surface area contributed by atoms with Gasteiger partial charge in [0, 0.05) is 60.6 Å². The Hall–Kier alpha value is -6.91. The quantitative estimate of drug-likeness (QED) is 0.164. The van der Waals surface area contributed by atoms with Crippen LogP contribution in [0.3, 0.4) is 0 Å². The number of para-hydroxylation sites is 1. The highest BCUT2D eigenvalue weighted by Gasteiger charge is 2.70. The average molecular weight is 932 g/mol. The zero-order chi connectivity index (χ0) is 61.5. The lowest BCUT2D eigenvalue weighted by Crippen LogP contribution is -2.71. The molecule has 1 spiro atoms. The van der Waals surface area contributed by atoms with Crippen LogP contribution in [0.25, 0.3) is 55.8 Å². The van der Waals surface area contributed by atoms with Gasteiger partial charge in [0.25, 0.3) is 0 Å². The molecule has 2 atom stereocenters. The monoisotopic (exact) mass is 932 g/mol. The summed E-state index contributed by atoms with van der Waals surface area (Å²) >= 11 is 0. The second-order valence-electron chi connectivity index (χ2n) is 22.1. The first-order chi connectivity index (χ1) is 39.4. The highest BCUT2D eigenvalue weighted by atomic mass is 16.5. The standard InChI is InChI=1S/C66H66N3O/c1-40-34-44(57-47(42-24-18-15-19-25-42)26-20-28-52(57)64(8,9)10)30-31-54(40)68-55-29-21-27-48-49-36-45(62(2,3)4)37-50-56-35-43(41-22-16-14-17-23-41)32-33-67(56)66(58(49)50)69(59(48)55)61(68)51-38-46(63(5,6)7)39-53(60(51)70-66)65(11,12)13/h14-39,61H,1-13H3/q+1/i1D3,5D3,11D3,12D3,13D3. The predicted molar refractivity (Wildman–Crippen MR) is 291 cm³/mol. The molecular weight excluding hydrogens is 851 g/mol. The van der Waals surface area contributed by atoms with Crippen molar-refractivity contribution in [3.63, 3.8) is 0 Å². The summed E-state index contributed by atoms with van der Waals surface area (Å²) in [6.45, 7) is -1.66. The smallest absolute Gasteiger partial charge is 0.410 e. The van der Waals surface area contributed by atoms with Gasteiger partial charge in [0.2, 0.25) is 5.69 Å². The molecule has 350 valence electrons. The van der Waals surface area contributed by atoms with Crippen molar-refractivity contribution in [1.82, 2.24) is 0 Å². The number of nitrogens with zero attached hydrogens (tertiary/aromatic N) is 3. The van der Waals surface area contributed by atoms with E-state index in [1.54, 1.807) is 18.2 Å². The van der Waals surface area contributed by atoms with Gasteiger partial charge in [-0.3, -0.25) is 0 Å². The fraction of sp³-hybridized carbons (Fsp3) is 0.288. The summed E-state index contributed by atoms with van der Waals surface area (Å²) in [7, 11) is 0. The average Bonchev–Trinajstić information content (AvgIpc) is 1.54. The van der Waals surface area contributed by atoms with Crippen LogP contribution in [0.5, 0.6) is 5.75 Å². The Balaban J connectivity index is 1.28. The lowest BCUT2D eigenvalue weighted by molar-refractivity contribution is -0.774. The first kappa shape index (κ1) is 30.6. The molecule has 0 N–H and O–H groups in total. The largest absolute Gasteiger partial charge is 0.432 e. The number of anilines is 3. The number of benzene rings is 7. The molecule has 7 aromatic carbocycles. The summed E-state index contributed by atoms with van der Waals surface area (Å²) in [5, 5.41) is 0. The minimum absolute atomic E-state index is 0.0241. The number of aryl methyl sites for hydroxylation is 1. The molecule has 4 aliphatic rings. The van der Waals surface area contributed by atoms with Gasteiger partial charge in [-0.15, -0.1) is 4.57 Å². The van der Waals surface area contributed by atoms with Gasteiger partial charge in [-0.2, -0.15) is 0 Å². The SMILES string of the molecule is [2H]C([2H])([2H])c1cc(-c2c(-c3ccccc3)cccc2C(C)(C)C)ccc1N1c2cccc3c2N2C1c1cc(C(C)(C)C([2H])([2H])[2H])cc(C(C([2H])([2H])[2H])(C([2H])([2H])[2H])C([2H])([2H])[2H])c1OC21c2c-3cc(C(C)(C)C)cc2-c2cc(-c3ccccc3)cc[n+]21. The van der Waals surface area contributed by atoms with E-state index in [9.17, 15) is 16.4 Å². The van der Waals surface area contributed by atoms with Gasteiger partial charge in [0.1, 0.15) is 17.5 Å². The first-order valence-corrected chi connectivity index (χ1v) is 24.1. The van der Waals surface area contributed by atoms with Gasteiger partial charge in [0.05, 0.1) is 16.9 Å². The zero-order valence-corrected chi connectivity index (χ0v) is 40.8. The molecule has 5 heterocycles. The van der Waals surface area contributed by atoms with Gasteiger partial charge >= 0.3 is 5.85 Å². The minimum Gasteiger partial charge on any atom is -0.410 e. The van der Waals surface area contributed by atoms with Gasteiger partial charge < -0.3 is 9.64 Å². The summed E-state index contributed by atoms with van der Waals surface area (Å²) in [5.41, 5.74) is 4.33. The van der Waals surface area contributed by atoms with Gasteiger partial charge in [0.15, 0.2) is 6.20 Å². The molecule has 0 saturated carbocycles. The maximum atomic E-state index is 9.57. The van der Waals surface area contributed by atoms with E-state index >= 15 is 0 Å². The molecule has 0 radical (unpaired) electrons. The van der Waals surface area contributed by atoms with Crippen molar-refractivity contribution >= 4 is 17.1 Å². The second-order valence-corrected chi connectivity index (χ2v) is 22.1. The summed E-state index contributed by atoms with van der Waals surface area (Å²) in [6, 6.07) is 47.8. The number of aromatic nitrogens is 1. The van der Waals surface area contributed by atoms with Crippen LogP contribution in [-0.2, 0) is 27.5 Å². The Bertz CT molecular complexity index is 4020. The summed E-state index contributed by atoms with van der Waals surface area (Å²) in [4.78, 5) is 3.87. The first-order valence-electron chi connectivity index (χ1n) is 31.6. The maximum Gasteiger partial charge on any atom is 0.432 e. The molecular formula is C66H66N3O+. The number of fused-ring (bicyclic) bond motifs is 5. The Morgan fingerprint density at radius 1 is 0.529 bits per heavy atom. The van der Waals surface area contributed by atoms with Crippen molar-refractivity contribution in [2.24, 2.45) is 0 Å². The maximum absolute atomic E-state index is 9.57. The van der Waals surface area contributed by atoms with E-state index in [0.29, 0.717) is 28.2 Å². The van der Waals surface area contributed by atoms with Crippen LogP contribution >= 0.6 is 0 Å². The van der Waals surface area contributed by atoms with Crippen LogP contribution < -0.4 is 19.1 Å². The fourth-order valence-corrected chi connectivity index (χ4v) is 11.5. The van der Waals surface area contributed by atoms with E-state index in [1.165, 1.54) is 13.8 Å². The van der Waals surface area contributed by atoms with Gasteiger partial charge in [-0.25, -0.2) is 4.90 Å². The number of ether oxygens (including phenoxy) is 1. The van der Waals surface area contributed by atoms with Crippen LogP contribution in [0.1, 0.15) is 148 Å². The highest BCUT2D eigenvalue weighted by molar-refractivity contribution is 6.02. The lowest BCUT2D eigenvalue weighted by Gasteiger charge is -2.49. The van der Waals surface area contributed by atoms with E-state index < -0.39 is 79.2 Å². The molecule has 2 unspecified atom stereocenters. The normalized spacial score (nSPS) is 21.5. The Morgan fingerprint density at radius 3 is 1.91 bits per heavy atom. The molecule has 0 saturated heterocycles. The van der Waals surface area contributed by atoms with Crippen LogP contribution in [-0.4, -0.2) is 0 Å². The van der Waals surface area contributed by atoms with Crippen molar-refractivity contribution in [2.45, 2.75) is 123 Å². The summed E-state index contributed by atoms with van der Waals surface area (Å²) in [5.74, 6) is -2.35.